The predicted molar refractivity (Wildman–Crippen MR) is 116 cm³/mol. The summed E-state index contributed by atoms with van der Waals surface area (Å²) in [5, 5.41) is 3.83. The number of fused-ring (bicyclic) bond motifs is 1. The van der Waals surface area contributed by atoms with E-state index in [0.717, 1.165) is 25.9 Å². The normalized spacial score (nSPS) is 23.9. The molecular weight excluding hydrogens is 344 g/mol. The molecule has 2 heterocycles. The molecule has 1 N–H and O–H groups in total. The van der Waals surface area contributed by atoms with Crippen LogP contribution in [0.2, 0.25) is 0 Å². The van der Waals surface area contributed by atoms with Crippen molar-refractivity contribution in [3.05, 3.63) is 65.5 Å². The molecule has 1 aromatic carbocycles. The summed E-state index contributed by atoms with van der Waals surface area (Å²) in [6, 6.07) is 16.5. The molecule has 4 nitrogen and oxygen atoms in total. The lowest BCUT2D eigenvalue weighted by molar-refractivity contribution is 0.0886. The molecule has 1 aliphatic carbocycles. The number of benzene rings is 1. The number of pyridine rings is 1. The van der Waals surface area contributed by atoms with Gasteiger partial charge in [0.25, 0.3) is 0 Å². The molecule has 2 atom stereocenters. The largest absolute Gasteiger partial charge is 0.314 e. The van der Waals surface area contributed by atoms with Crippen molar-refractivity contribution in [1.82, 2.24) is 20.1 Å². The molecule has 150 valence electrons. The smallest absolute Gasteiger partial charge is 0.0475 e. The van der Waals surface area contributed by atoms with E-state index in [2.05, 4.69) is 69.6 Å². The highest BCUT2D eigenvalue weighted by Crippen LogP contribution is 2.25. The predicted octanol–water partition coefficient (Wildman–Crippen LogP) is 3.30. The van der Waals surface area contributed by atoms with Gasteiger partial charge in [-0.3, -0.25) is 9.88 Å². The van der Waals surface area contributed by atoms with E-state index >= 15 is 0 Å². The first-order valence-corrected chi connectivity index (χ1v) is 10.9. The molecule has 1 aromatic heterocycles. The fourth-order valence-corrected chi connectivity index (χ4v) is 4.72. The third-order valence-corrected chi connectivity index (χ3v) is 6.41. The Kier molecular flexibility index (Phi) is 6.73. The molecule has 2 aromatic rings. The average Bonchev–Trinajstić information content (AvgIpc) is 2.95. The summed E-state index contributed by atoms with van der Waals surface area (Å²) in [5.74, 6) is 0. The van der Waals surface area contributed by atoms with Gasteiger partial charge in [0.2, 0.25) is 0 Å². The summed E-state index contributed by atoms with van der Waals surface area (Å²) in [5.41, 5.74) is 4.22. The molecule has 0 saturated carbocycles. The Bertz CT molecular complexity index is 705. The number of likely N-dealkylation sites (N-methyl/N-ethyl adjacent to an activating group) is 1. The highest BCUT2D eigenvalue weighted by atomic mass is 15.3. The fourth-order valence-electron chi connectivity index (χ4n) is 4.72. The Balaban J connectivity index is 1.24. The maximum Gasteiger partial charge on any atom is 0.0475 e. The van der Waals surface area contributed by atoms with Crippen LogP contribution >= 0.6 is 0 Å². The summed E-state index contributed by atoms with van der Waals surface area (Å²) in [7, 11) is 2.24. The molecule has 1 saturated heterocycles. The molecule has 0 amide bonds. The van der Waals surface area contributed by atoms with Gasteiger partial charge in [-0.15, -0.1) is 0 Å². The van der Waals surface area contributed by atoms with E-state index in [1.165, 1.54) is 55.7 Å². The lowest BCUT2D eigenvalue weighted by Gasteiger charge is -2.40. The van der Waals surface area contributed by atoms with E-state index in [0.29, 0.717) is 12.1 Å². The first-order chi connectivity index (χ1) is 13.8. The molecule has 0 spiro atoms. The van der Waals surface area contributed by atoms with E-state index in [4.69, 9.17) is 0 Å². The highest BCUT2D eigenvalue weighted by Gasteiger charge is 2.26. The number of piperazine rings is 1. The van der Waals surface area contributed by atoms with Crippen LogP contribution in [0.5, 0.6) is 0 Å². The molecule has 4 heteroatoms. The van der Waals surface area contributed by atoms with Crippen LogP contribution in [-0.4, -0.2) is 60.6 Å². The van der Waals surface area contributed by atoms with E-state index in [1.54, 1.807) is 0 Å². The maximum absolute atomic E-state index is 4.58. The van der Waals surface area contributed by atoms with Gasteiger partial charge in [0.15, 0.2) is 0 Å². The van der Waals surface area contributed by atoms with Crippen molar-refractivity contribution in [2.45, 2.75) is 44.2 Å². The summed E-state index contributed by atoms with van der Waals surface area (Å²) in [4.78, 5) is 9.72. The minimum absolute atomic E-state index is 0.526. The Labute approximate surface area is 170 Å². The van der Waals surface area contributed by atoms with Gasteiger partial charge in [0.1, 0.15) is 0 Å². The van der Waals surface area contributed by atoms with Gasteiger partial charge in [0.05, 0.1) is 0 Å². The number of nitrogens with one attached hydrogen (secondary N) is 1. The van der Waals surface area contributed by atoms with E-state index in [9.17, 15) is 0 Å². The molecular formula is C24H34N4. The number of hydrogen-bond acceptors (Lipinski definition) is 4. The Morgan fingerprint density at radius 2 is 1.89 bits per heavy atom. The van der Waals surface area contributed by atoms with Crippen molar-refractivity contribution in [3.8, 4) is 0 Å². The van der Waals surface area contributed by atoms with Gasteiger partial charge < -0.3 is 10.2 Å². The lowest BCUT2D eigenvalue weighted by atomic mass is 10.0. The van der Waals surface area contributed by atoms with E-state index < -0.39 is 0 Å². The van der Waals surface area contributed by atoms with Crippen LogP contribution < -0.4 is 5.32 Å². The molecule has 0 bridgehead atoms. The summed E-state index contributed by atoms with van der Waals surface area (Å²) < 4.78 is 0. The summed E-state index contributed by atoms with van der Waals surface area (Å²) in [6.45, 7) is 5.76. The van der Waals surface area contributed by atoms with E-state index in [1.807, 2.05) is 6.20 Å². The zero-order valence-corrected chi connectivity index (χ0v) is 17.2. The zero-order valence-electron chi connectivity index (χ0n) is 17.2. The van der Waals surface area contributed by atoms with Crippen LogP contribution in [0.4, 0.5) is 0 Å². The SMILES string of the molecule is CN1CCN(CCCNC2CCc3cccnc3CC2)C(c2ccccc2)C1. The van der Waals surface area contributed by atoms with Gasteiger partial charge in [-0.05, 0) is 62.9 Å². The third-order valence-electron chi connectivity index (χ3n) is 6.41. The standard InChI is InChI=1S/C24H34N4/c1-27-17-18-28(24(19-27)21-7-3-2-4-8-21)16-6-15-25-22-11-10-20-9-5-14-26-23(20)13-12-22/h2-5,7-9,14,22,24-25H,6,10-13,15-19H2,1H3. The minimum Gasteiger partial charge on any atom is -0.314 e. The molecule has 1 aliphatic heterocycles. The number of aryl methyl sites for hydroxylation is 2. The Hall–Kier alpha value is -1.75. The second-order valence-corrected chi connectivity index (χ2v) is 8.42. The van der Waals surface area contributed by atoms with Crippen LogP contribution in [0.25, 0.3) is 0 Å². The number of aromatic nitrogens is 1. The highest BCUT2D eigenvalue weighted by molar-refractivity contribution is 5.22. The first kappa shape index (κ1) is 19.6. The summed E-state index contributed by atoms with van der Waals surface area (Å²) >= 11 is 0. The van der Waals surface area contributed by atoms with Crippen LogP contribution in [0, 0.1) is 0 Å². The molecule has 2 unspecified atom stereocenters. The number of nitrogens with zero attached hydrogens (tertiary/aromatic N) is 3. The number of rotatable bonds is 6. The monoisotopic (exact) mass is 378 g/mol. The second kappa shape index (κ2) is 9.64. The van der Waals surface area contributed by atoms with Crippen molar-refractivity contribution in [2.75, 3.05) is 39.8 Å². The summed E-state index contributed by atoms with van der Waals surface area (Å²) in [6.07, 6.45) is 7.88. The third kappa shape index (κ3) is 4.99. The molecule has 1 fully saturated rings. The van der Waals surface area contributed by atoms with Gasteiger partial charge >= 0.3 is 0 Å². The molecule has 4 rings (SSSR count). The minimum atomic E-state index is 0.526. The van der Waals surface area contributed by atoms with Crippen molar-refractivity contribution in [2.24, 2.45) is 0 Å². The van der Waals surface area contributed by atoms with Crippen LogP contribution in [0.1, 0.15) is 42.1 Å². The molecule has 0 radical (unpaired) electrons. The zero-order chi connectivity index (χ0) is 19.2. The lowest BCUT2D eigenvalue weighted by Crippen LogP contribution is -2.47. The second-order valence-electron chi connectivity index (χ2n) is 8.42. The average molecular weight is 379 g/mol. The van der Waals surface area contributed by atoms with Crippen molar-refractivity contribution in [3.63, 3.8) is 0 Å². The van der Waals surface area contributed by atoms with Gasteiger partial charge in [0, 0.05) is 50.2 Å². The van der Waals surface area contributed by atoms with Crippen LogP contribution in [0.3, 0.4) is 0 Å². The Morgan fingerprint density at radius 3 is 2.79 bits per heavy atom. The number of hydrogen-bond donors (Lipinski definition) is 1. The van der Waals surface area contributed by atoms with Gasteiger partial charge in [-0.1, -0.05) is 36.4 Å². The van der Waals surface area contributed by atoms with Crippen molar-refractivity contribution < 1.29 is 0 Å². The van der Waals surface area contributed by atoms with Crippen LogP contribution in [0.15, 0.2) is 48.7 Å². The quantitative estimate of drug-likeness (QED) is 0.617. The maximum atomic E-state index is 4.58. The van der Waals surface area contributed by atoms with Gasteiger partial charge in [-0.25, -0.2) is 0 Å². The fraction of sp³-hybridized carbons (Fsp3) is 0.542. The molecule has 28 heavy (non-hydrogen) atoms. The molecule has 2 aliphatic rings. The van der Waals surface area contributed by atoms with Crippen molar-refractivity contribution in [1.29, 1.82) is 0 Å². The van der Waals surface area contributed by atoms with Crippen molar-refractivity contribution >= 4 is 0 Å². The first-order valence-electron chi connectivity index (χ1n) is 10.9. The van der Waals surface area contributed by atoms with E-state index in [-0.39, 0.29) is 0 Å². The Morgan fingerprint density at radius 1 is 1.04 bits per heavy atom. The van der Waals surface area contributed by atoms with Gasteiger partial charge in [-0.2, -0.15) is 0 Å². The topological polar surface area (TPSA) is 31.4 Å². The van der Waals surface area contributed by atoms with Crippen LogP contribution in [-0.2, 0) is 12.8 Å².